The second kappa shape index (κ2) is 7.09. The van der Waals surface area contributed by atoms with E-state index in [2.05, 4.69) is 25.9 Å². The number of ether oxygens (including phenoxy) is 2. The van der Waals surface area contributed by atoms with E-state index in [1.54, 1.807) is 0 Å². The van der Waals surface area contributed by atoms with E-state index < -0.39 is 0 Å². The third-order valence-corrected chi connectivity index (χ3v) is 3.07. The summed E-state index contributed by atoms with van der Waals surface area (Å²) in [5, 5.41) is 0. The Bertz CT molecular complexity index is 561. The van der Waals surface area contributed by atoms with Gasteiger partial charge in [0.15, 0.2) is 5.69 Å². The van der Waals surface area contributed by atoms with E-state index in [0.29, 0.717) is 30.7 Å². The van der Waals surface area contributed by atoms with Gasteiger partial charge in [0.25, 0.3) is 0 Å². The molecular weight excluding hydrogens is 322 g/mol. The van der Waals surface area contributed by atoms with Crippen LogP contribution in [0.1, 0.15) is 18.9 Å². The monoisotopic (exact) mass is 337 g/mol. The minimum atomic E-state index is 0.332. The normalized spacial score (nSPS) is 10.3. The van der Waals surface area contributed by atoms with E-state index in [4.69, 9.17) is 15.2 Å². The van der Waals surface area contributed by atoms with E-state index in [1.165, 1.54) is 6.33 Å². The molecule has 0 aliphatic heterocycles. The molecule has 2 rings (SSSR count). The maximum absolute atomic E-state index is 5.93. The minimum Gasteiger partial charge on any atom is -0.476 e. The summed E-state index contributed by atoms with van der Waals surface area (Å²) >= 11 is 3.39. The lowest BCUT2D eigenvalue weighted by molar-refractivity contribution is 0.282. The van der Waals surface area contributed by atoms with Crippen LogP contribution in [-0.4, -0.2) is 16.6 Å². The summed E-state index contributed by atoms with van der Waals surface area (Å²) in [4.78, 5) is 8.03. The number of aromatic nitrogens is 2. The average molecular weight is 338 g/mol. The summed E-state index contributed by atoms with van der Waals surface area (Å²) in [6.07, 6.45) is 2.27. The highest BCUT2D eigenvalue weighted by Crippen LogP contribution is 2.27. The van der Waals surface area contributed by atoms with E-state index in [9.17, 15) is 0 Å². The van der Waals surface area contributed by atoms with Crippen LogP contribution in [0.25, 0.3) is 0 Å². The van der Waals surface area contributed by atoms with Gasteiger partial charge in [-0.15, -0.1) is 0 Å². The molecule has 1 heterocycles. The molecule has 0 aliphatic rings. The number of hydrogen-bond donors (Lipinski definition) is 1. The number of hydrogen-bond acceptors (Lipinski definition) is 5. The first-order valence-electron chi connectivity index (χ1n) is 6.31. The van der Waals surface area contributed by atoms with Crippen LogP contribution in [0.15, 0.2) is 35.1 Å². The molecule has 0 bridgehead atoms. The van der Waals surface area contributed by atoms with Crippen LogP contribution in [-0.2, 0) is 6.61 Å². The molecule has 1 aromatic heterocycles. The van der Waals surface area contributed by atoms with Crippen LogP contribution in [0.4, 0.5) is 5.69 Å². The Morgan fingerprint density at radius 1 is 1.10 bits per heavy atom. The van der Waals surface area contributed by atoms with Crippen molar-refractivity contribution in [1.82, 2.24) is 9.97 Å². The standard InChI is InChI=1S/C14H16BrN3O2/c1-2-7-19-13-12(16)14(18-9-17-13)20-8-10-3-5-11(15)6-4-10/h3-6,9H,2,7-8,16H2,1H3. The third kappa shape index (κ3) is 3.84. The molecular formula is C14H16BrN3O2. The molecule has 106 valence electrons. The molecule has 0 spiro atoms. The molecule has 5 nitrogen and oxygen atoms in total. The molecule has 0 amide bonds. The lowest BCUT2D eigenvalue weighted by Gasteiger charge is -2.11. The van der Waals surface area contributed by atoms with Crippen molar-refractivity contribution in [3.63, 3.8) is 0 Å². The van der Waals surface area contributed by atoms with Gasteiger partial charge in [0, 0.05) is 4.47 Å². The van der Waals surface area contributed by atoms with E-state index in [0.717, 1.165) is 16.5 Å². The highest BCUT2D eigenvalue weighted by Gasteiger charge is 2.10. The highest BCUT2D eigenvalue weighted by molar-refractivity contribution is 9.10. The topological polar surface area (TPSA) is 70.3 Å². The van der Waals surface area contributed by atoms with Crippen LogP contribution in [0, 0.1) is 0 Å². The van der Waals surface area contributed by atoms with E-state index >= 15 is 0 Å². The molecule has 0 fully saturated rings. The Kier molecular flexibility index (Phi) is 5.17. The number of nitrogen functional groups attached to an aromatic ring is 1. The fourth-order valence-electron chi connectivity index (χ4n) is 1.53. The van der Waals surface area contributed by atoms with E-state index in [-0.39, 0.29) is 0 Å². The SMILES string of the molecule is CCCOc1ncnc(OCc2ccc(Br)cc2)c1N. The molecule has 0 unspecified atom stereocenters. The molecule has 2 N–H and O–H groups in total. The van der Waals surface area contributed by atoms with Gasteiger partial charge in [-0.05, 0) is 24.1 Å². The summed E-state index contributed by atoms with van der Waals surface area (Å²) < 4.78 is 12.1. The lowest BCUT2D eigenvalue weighted by atomic mass is 10.2. The largest absolute Gasteiger partial charge is 0.476 e. The quantitative estimate of drug-likeness (QED) is 0.876. The minimum absolute atomic E-state index is 0.332. The Morgan fingerprint density at radius 3 is 2.40 bits per heavy atom. The van der Waals surface area contributed by atoms with Gasteiger partial charge in [-0.1, -0.05) is 35.0 Å². The van der Waals surface area contributed by atoms with Gasteiger partial charge in [0.05, 0.1) is 6.61 Å². The number of rotatable bonds is 6. The van der Waals surface area contributed by atoms with Crippen molar-refractivity contribution >= 4 is 21.6 Å². The molecule has 0 atom stereocenters. The van der Waals surface area contributed by atoms with Crippen LogP contribution in [0.3, 0.4) is 0 Å². The van der Waals surface area contributed by atoms with Gasteiger partial charge in [-0.25, -0.2) is 0 Å². The highest BCUT2D eigenvalue weighted by atomic mass is 79.9. The molecule has 6 heteroatoms. The zero-order valence-electron chi connectivity index (χ0n) is 11.2. The maximum Gasteiger partial charge on any atom is 0.244 e. The zero-order valence-corrected chi connectivity index (χ0v) is 12.8. The van der Waals surface area contributed by atoms with Gasteiger partial charge in [0.2, 0.25) is 11.8 Å². The van der Waals surface area contributed by atoms with Crippen molar-refractivity contribution in [1.29, 1.82) is 0 Å². The Labute approximate surface area is 126 Å². The van der Waals surface area contributed by atoms with Crippen LogP contribution in [0.5, 0.6) is 11.8 Å². The predicted molar refractivity (Wildman–Crippen MR) is 80.7 cm³/mol. The number of halogens is 1. The molecule has 0 aliphatic carbocycles. The predicted octanol–water partition coefficient (Wildman–Crippen LogP) is 3.19. The summed E-state index contributed by atoms with van der Waals surface area (Å²) in [7, 11) is 0. The summed E-state index contributed by atoms with van der Waals surface area (Å²) in [6, 6.07) is 7.85. The van der Waals surface area contributed by atoms with Gasteiger partial charge >= 0.3 is 0 Å². The van der Waals surface area contributed by atoms with Crippen molar-refractivity contribution in [3.05, 3.63) is 40.6 Å². The zero-order chi connectivity index (χ0) is 14.4. The fraction of sp³-hybridized carbons (Fsp3) is 0.286. The van der Waals surface area contributed by atoms with Crippen molar-refractivity contribution < 1.29 is 9.47 Å². The van der Waals surface area contributed by atoms with Gasteiger partial charge in [0.1, 0.15) is 12.9 Å². The molecule has 0 saturated carbocycles. The van der Waals surface area contributed by atoms with Gasteiger partial charge < -0.3 is 15.2 Å². The average Bonchev–Trinajstić information content (AvgIpc) is 2.47. The number of anilines is 1. The maximum atomic E-state index is 5.93. The first kappa shape index (κ1) is 14.6. The van der Waals surface area contributed by atoms with E-state index in [1.807, 2.05) is 31.2 Å². The fourth-order valence-corrected chi connectivity index (χ4v) is 1.79. The first-order chi connectivity index (χ1) is 9.70. The van der Waals surface area contributed by atoms with Crippen LogP contribution < -0.4 is 15.2 Å². The third-order valence-electron chi connectivity index (χ3n) is 2.54. The second-order valence-electron chi connectivity index (χ2n) is 4.16. The van der Waals surface area contributed by atoms with Crippen molar-refractivity contribution in [2.45, 2.75) is 20.0 Å². The Balaban J connectivity index is 2.03. The summed E-state index contributed by atoms with van der Waals surface area (Å²) in [5.41, 5.74) is 7.29. The van der Waals surface area contributed by atoms with Crippen molar-refractivity contribution in [2.24, 2.45) is 0 Å². The van der Waals surface area contributed by atoms with Crippen molar-refractivity contribution in [2.75, 3.05) is 12.3 Å². The van der Waals surface area contributed by atoms with Crippen molar-refractivity contribution in [3.8, 4) is 11.8 Å². The van der Waals surface area contributed by atoms with Crippen LogP contribution >= 0.6 is 15.9 Å². The molecule has 20 heavy (non-hydrogen) atoms. The number of benzene rings is 1. The molecule has 2 aromatic rings. The molecule has 0 radical (unpaired) electrons. The number of nitrogens with two attached hydrogens (primary N) is 1. The first-order valence-corrected chi connectivity index (χ1v) is 7.10. The summed E-state index contributed by atoms with van der Waals surface area (Å²) in [6.45, 7) is 2.97. The van der Waals surface area contributed by atoms with Crippen LogP contribution in [0.2, 0.25) is 0 Å². The molecule has 1 aromatic carbocycles. The molecule has 0 saturated heterocycles. The Hall–Kier alpha value is -1.82. The second-order valence-corrected chi connectivity index (χ2v) is 5.08. The number of nitrogens with zero attached hydrogens (tertiary/aromatic N) is 2. The lowest BCUT2D eigenvalue weighted by Crippen LogP contribution is -2.06. The van der Waals surface area contributed by atoms with Gasteiger partial charge in [-0.3, -0.25) is 0 Å². The summed E-state index contributed by atoms with van der Waals surface area (Å²) in [5.74, 6) is 0.710. The Morgan fingerprint density at radius 2 is 1.75 bits per heavy atom. The smallest absolute Gasteiger partial charge is 0.244 e. The van der Waals surface area contributed by atoms with Gasteiger partial charge in [-0.2, -0.15) is 9.97 Å².